The lowest BCUT2D eigenvalue weighted by atomic mass is 10.2. The monoisotopic (exact) mass is 450 g/mol. The summed E-state index contributed by atoms with van der Waals surface area (Å²) in [6, 6.07) is 9.44. The summed E-state index contributed by atoms with van der Waals surface area (Å²) in [7, 11) is 0. The molecule has 30 heavy (non-hydrogen) atoms. The van der Waals surface area contributed by atoms with E-state index >= 15 is 0 Å². The number of hydrogen-bond donors (Lipinski definition) is 2. The number of hydrogen-bond acceptors (Lipinski definition) is 6. The first-order chi connectivity index (χ1) is 14.2. The minimum atomic E-state index is -1.23. The summed E-state index contributed by atoms with van der Waals surface area (Å²) in [4.78, 5) is 33.7. The van der Waals surface area contributed by atoms with Gasteiger partial charge in [-0.25, -0.2) is 4.79 Å². The highest BCUT2D eigenvalue weighted by molar-refractivity contribution is 6.35. The molecule has 0 unspecified atom stereocenters. The van der Waals surface area contributed by atoms with Crippen molar-refractivity contribution < 1.29 is 24.4 Å². The molecular weight excluding hydrogens is 439 g/mol. The number of nitrogens with one attached hydrogen (secondary N) is 1. The molecule has 0 atom stereocenters. The Labute approximate surface area is 178 Å². The normalized spacial score (nSPS) is 10.5. The smallest absolute Gasteiger partial charge is 0.356 e. The number of amides is 1. The van der Waals surface area contributed by atoms with E-state index < -0.39 is 16.8 Å². The molecule has 0 fully saturated rings. The van der Waals surface area contributed by atoms with Crippen molar-refractivity contribution in [2.75, 3.05) is 5.32 Å². The molecule has 1 aromatic heterocycles. The molecule has 3 aromatic rings. The number of halogens is 2. The fourth-order valence-electron chi connectivity index (χ4n) is 2.42. The van der Waals surface area contributed by atoms with Gasteiger partial charge in [-0.15, -0.1) is 0 Å². The topological polar surface area (TPSA) is 137 Å². The van der Waals surface area contributed by atoms with E-state index in [4.69, 9.17) is 33.0 Å². The van der Waals surface area contributed by atoms with Crippen molar-refractivity contribution in [1.82, 2.24) is 9.78 Å². The van der Waals surface area contributed by atoms with Crippen LogP contribution in [0.3, 0.4) is 0 Å². The lowest BCUT2D eigenvalue weighted by Gasteiger charge is -2.11. The number of non-ortho nitro benzene ring substituents is 1. The van der Waals surface area contributed by atoms with Crippen LogP contribution in [-0.2, 0) is 11.3 Å². The maximum Gasteiger partial charge on any atom is 0.356 e. The van der Waals surface area contributed by atoms with E-state index in [2.05, 4.69) is 10.4 Å². The molecule has 0 spiro atoms. The molecule has 0 saturated heterocycles. The number of carboxylic acid groups (broad SMARTS) is 1. The number of nitro groups is 1. The van der Waals surface area contributed by atoms with Crippen molar-refractivity contribution >= 4 is 46.5 Å². The highest BCUT2D eigenvalue weighted by atomic mass is 35.5. The van der Waals surface area contributed by atoms with Gasteiger partial charge in [-0.1, -0.05) is 23.2 Å². The predicted octanol–water partition coefficient (Wildman–Crippen LogP) is 4.23. The standard InChI is InChI=1S/C18H12Cl2N4O6/c19-10-1-2-16(14(20)5-10)30-13-7-11(6-12(8-13)24(28)29)21-17(25)9-23-4-3-15(22-23)18(26)27/h1-8H,9H2,(H,21,25)(H,26,27). The Balaban J connectivity index is 1.80. The SMILES string of the molecule is O=C(Cn1ccc(C(=O)O)n1)Nc1cc(Oc2ccc(Cl)cc2Cl)cc([N+](=O)[O-])c1. The average molecular weight is 451 g/mol. The Bertz CT molecular complexity index is 1150. The number of benzene rings is 2. The number of nitrogens with zero attached hydrogens (tertiary/aromatic N) is 3. The lowest BCUT2D eigenvalue weighted by Crippen LogP contribution is -2.19. The average Bonchev–Trinajstić information content (AvgIpc) is 3.12. The molecule has 0 saturated carbocycles. The molecule has 2 aromatic carbocycles. The third-order valence-corrected chi connectivity index (χ3v) is 4.20. The Morgan fingerprint density at radius 3 is 2.60 bits per heavy atom. The van der Waals surface area contributed by atoms with Crippen molar-refractivity contribution in [3.8, 4) is 11.5 Å². The van der Waals surface area contributed by atoms with Gasteiger partial charge in [0.05, 0.1) is 21.7 Å². The minimum Gasteiger partial charge on any atom is -0.476 e. The first-order valence-corrected chi connectivity index (χ1v) is 8.96. The summed E-state index contributed by atoms with van der Waals surface area (Å²) in [5, 5.41) is 26.9. The highest BCUT2D eigenvalue weighted by Crippen LogP contribution is 2.34. The maximum atomic E-state index is 12.2. The predicted molar refractivity (Wildman–Crippen MR) is 107 cm³/mol. The zero-order valence-corrected chi connectivity index (χ0v) is 16.4. The van der Waals surface area contributed by atoms with Gasteiger partial charge >= 0.3 is 5.97 Å². The molecule has 1 amide bonds. The number of rotatable bonds is 7. The van der Waals surface area contributed by atoms with Gasteiger partial charge in [-0.3, -0.25) is 19.6 Å². The van der Waals surface area contributed by atoms with Crippen molar-refractivity contribution in [1.29, 1.82) is 0 Å². The van der Waals surface area contributed by atoms with Crippen molar-refractivity contribution in [3.63, 3.8) is 0 Å². The summed E-state index contributed by atoms with van der Waals surface area (Å²) in [6.07, 6.45) is 1.33. The Morgan fingerprint density at radius 2 is 1.97 bits per heavy atom. The largest absolute Gasteiger partial charge is 0.476 e. The van der Waals surface area contributed by atoms with Crippen LogP contribution in [0.1, 0.15) is 10.5 Å². The van der Waals surface area contributed by atoms with Crippen molar-refractivity contribution in [2.45, 2.75) is 6.54 Å². The van der Waals surface area contributed by atoms with E-state index in [1.807, 2.05) is 0 Å². The third kappa shape index (κ3) is 5.25. The summed E-state index contributed by atoms with van der Waals surface area (Å²) >= 11 is 11.9. The van der Waals surface area contributed by atoms with E-state index in [1.165, 1.54) is 42.6 Å². The Morgan fingerprint density at radius 1 is 1.20 bits per heavy atom. The second-order valence-electron chi connectivity index (χ2n) is 5.90. The second kappa shape index (κ2) is 8.80. The highest BCUT2D eigenvalue weighted by Gasteiger charge is 2.15. The molecule has 0 aliphatic carbocycles. The van der Waals surface area contributed by atoms with Crippen LogP contribution in [0.4, 0.5) is 11.4 Å². The molecule has 0 radical (unpaired) electrons. The Hall–Kier alpha value is -3.63. The van der Waals surface area contributed by atoms with Gasteiger partial charge in [0.1, 0.15) is 18.0 Å². The summed E-state index contributed by atoms with van der Waals surface area (Å²) in [6.45, 7) is -0.296. The molecule has 12 heteroatoms. The fourth-order valence-corrected chi connectivity index (χ4v) is 2.86. The van der Waals surface area contributed by atoms with Gasteiger partial charge in [0, 0.05) is 23.4 Å². The molecule has 3 rings (SSSR count). The quantitative estimate of drug-likeness (QED) is 0.405. The van der Waals surface area contributed by atoms with Crippen LogP contribution in [0.2, 0.25) is 10.0 Å². The van der Waals surface area contributed by atoms with Crippen LogP contribution < -0.4 is 10.1 Å². The van der Waals surface area contributed by atoms with Gasteiger partial charge in [0.2, 0.25) is 5.91 Å². The molecule has 154 valence electrons. The first-order valence-electron chi connectivity index (χ1n) is 8.20. The van der Waals surface area contributed by atoms with Gasteiger partial charge in [-0.2, -0.15) is 5.10 Å². The first kappa shape index (κ1) is 21.1. The van der Waals surface area contributed by atoms with E-state index in [-0.39, 0.29) is 40.1 Å². The number of ether oxygens (including phenoxy) is 1. The molecule has 0 aliphatic heterocycles. The summed E-state index contributed by atoms with van der Waals surface area (Å²) < 4.78 is 6.72. The van der Waals surface area contributed by atoms with Gasteiger partial charge in [0.25, 0.3) is 5.69 Å². The van der Waals surface area contributed by atoms with E-state index in [1.54, 1.807) is 0 Å². The molecule has 10 nitrogen and oxygen atoms in total. The molecule has 0 bridgehead atoms. The van der Waals surface area contributed by atoms with E-state index in [9.17, 15) is 19.7 Å². The van der Waals surface area contributed by atoms with Crippen LogP contribution in [0.15, 0.2) is 48.7 Å². The molecule has 0 aliphatic rings. The number of nitro benzene ring substituents is 1. The number of carbonyl (C=O) groups excluding carboxylic acids is 1. The number of carboxylic acids is 1. The van der Waals surface area contributed by atoms with Crippen LogP contribution >= 0.6 is 23.2 Å². The van der Waals surface area contributed by atoms with E-state index in [0.717, 1.165) is 10.7 Å². The molecule has 1 heterocycles. The second-order valence-corrected chi connectivity index (χ2v) is 6.75. The summed E-state index contributed by atoms with van der Waals surface area (Å²) in [5.74, 6) is -1.52. The number of aromatic nitrogens is 2. The zero-order valence-electron chi connectivity index (χ0n) is 14.9. The number of anilines is 1. The van der Waals surface area contributed by atoms with Crippen LogP contribution in [-0.4, -0.2) is 31.7 Å². The van der Waals surface area contributed by atoms with Crippen LogP contribution in [0.5, 0.6) is 11.5 Å². The van der Waals surface area contributed by atoms with E-state index in [0.29, 0.717) is 5.02 Å². The van der Waals surface area contributed by atoms with Gasteiger partial charge in [0.15, 0.2) is 5.69 Å². The molecular formula is C18H12Cl2N4O6. The fraction of sp³-hybridized carbons (Fsp3) is 0.0556. The van der Waals surface area contributed by atoms with Crippen molar-refractivity contribution in [3.05, 3.63) is 74.5 Å². The zero-order chi connectivity index (χ0) is 21.8. The lowest BCUT2D eigenvalue weighted by molar-refractivity contribution is -0.384. The number of carbonyl (C=O) groups is 2. The number of aromatic carboxylic acids is 1. The van der Waals surface area contributed by atoms with Gasteiger partial charge < -0.3 is 15.2 Å². The maximum absolute atomic E-state index is 12.2. The minimum absolute atomic E-state index is 0.0657. The van der Waals surface area contributed by atoms with Crippen molar-refractivity contribution in [2.24, 2.45) is 0 Å². The summed E-state index contributed by atoms with van der Waals surface area (Å²) in [5.41, 5.74) is -0.436. The van der Waals surface area contributed by atoms with Crippen LogP contribution in [0, 0.1) is 10.1 Å². The van der Waals surface area contributed by atoms with Crippen LogP contribution in [0.25, 0.3) is 0 Å². The third-order valence-electron chi connectivity index (χ3n) is 3.67. The molecule has 2 N–H and O–H groups in total. The van der Waals surface area contributed by atoms with Gasteiger partial charge in [-0.05, 0) is 24.3 Å². The Kier molecular flexibility index (Phi) is 6.19.